The fraction of sp³-hybridized carbons (Fsp3) is 0.333. The molecule has 3 rings (SSSR count). The molecule has 1 amide bonds. The van der Waals surface area contributed by atoms with Crippen LogP contribution in [-0.2, 0) is 11.2 Å². The molecule has 0 saturated carbocycles. The number of halogens is 2. The third-order valence-electron chi connectivity index (χ3n) is 4.02. The molecule has 0 saturated heterocycles. The summed E-state index contributed by atoms with van der Waals surface area (Å²) in [6.07, 6.45) is 1.18. The molecule has 0 spiro atoms. The van der Waals surface area contributed by atoms with Crippen molar-refractivity contribution in [2.24, 2.45) is 5.92 Å². The van der Waals surface area contributed by atoms with Crippen LogP contribution in [0.5, 0.6) is 5.75 Å². The predicted octanol–water partition coefficient (Wildman–Crippen LogP) is 3.87. The second-order valence-corrected chi connectivity index (χ2v) is 7.15. The normalized spacial score (nSPS) is 16.2. The largest absolute Gasteiger partial charge is 0.482 e. The molecule has 1 aliphatic rings. The van der Waals surface area contributed by atoms with Crippen LogP contribution in [0, 0.1) is 12.8 Å². The number of anilines is 1. The maximum absolute atomic E-state index is 12.2. The lowest BCUT2D eigenvalue weighted by atomic mass is 9.86. The van der Waals surface area contributed by atoms with E-state index < -0.39 is 5.91 Å². The molecular formula is C18H17Cl2N3O3. The van der Waals surface area contributed by atoms with E-state index in [9.17, 15) is 9.59 Å². The summed E-state index contributed by atoms with van der Waals surface area (Å²) in [6.45, 7) is 3.49. The maximum Gasteiger partial charge on any atom is 0.264 e. The van der Waals surface area contributed by atoms with Crippen LogP contribution in [0.1, 0.15) is 35.1 Å². The zero-order valence-corrected chi connectivity index (χ0v) is 15.8. The summed E-state index contributed by atoms with van der Waals surface area (Å²) in [4.78, 5) is 32.8. The first-order valence-electron chi connectivity index (χ1n) is 8.12. The predicted molar refractivity (Wildman–Crippen MR) is 99.2 cm³/mol. The van der Waals surface area contributed by atoms with Crippen molar-refractivity contribution >= 4 is 40.8 Å². The average Bonchev–Trinajstić information content (AvgIpc) is 2.52. The monoisotopic (exact) mass is 393 g/mol. The SMILES string of the molecule is Cc1nc(NC(=O)COc2ccc(Cl)cc2Cl)nc2c1C(=O)CC(C)C2. The second-order valence-electron chi connectivity index (χ2n) is 6.30. The number of aromatic nitrogens is 2. The molecule has 8 heteroatoms. The lowest BCUT2D eigenvalue weighted by molar-refractivity contribution is -0.118. The smallest absolute Gasteiger partial charge is 0.264 e. The summed E-state index contributed by atoms with van der Waals surface area (Å²) in [7, 11) is 0. The van der Waals surface area contributed by atoms with Gasteiger partial charge in [-0.25, -0.2) is 9.97 Å². The minimum Gasteiger partial charge on any atom is -0.482 e. The number of aryl methyl sites for hydroxylation is 1. The fourth-order valence-corrected chi connectivity index (χ4v) is 3.38. The van der Waals surface area contributed by atoms with Gasteiger partial charge in [-0.05, 0) is 37.5 Å². The van der Waals surface area contributed by atoms with Crippen LogP contribution in [0.25, 0.3) is 0 Å². The van der Waals surface area contributed by atoms with E-state index in [0.717, 1.165) is 0 Å². The molecule has 1 heterocycles. The van der Waals surface area contributed by atoms with E-state index in [-0.39, 0.29) is 24.3 Å². The van der Waals surface area contributed by atoms with Gasteiger partial charge in [0.15, 0.2) is 12.4 Å². The van der Waals surface area contributed by atoms with Crippen molar-refractivity contribution in [3.05, 3.63) is 45.2 Å². The lowest BCUT2D eigenvalue weighted by Gasteiger charge is -2.21. The van der Waals surface area contributed by atoms with E-state index >= 15 is 0 Å². The zero-order valence-electron chi connectivity index (χ0n) is 14.3. The number of benzene rings is 1. The van der Waals surface area contributed by atoms with Gasteiger partial charge in [0.2, 0.25) is 5.95 Å². The molecule has 136 valence electrons. The van der Waals surface area contributed by atoms with E-state index in [2.05, 4.69) is 15.3 Å². The Labute approximate surface area is 160 Å². The Kier molecular flexibility index (Phi) is 5.44. The molecule has 0 aliphatic heterocycles. The first kappa shape index (κ1) is 18.6. The Hall–Kier alpha value is -2.18. The van der Waals surface area contributed by atoms with Gasteiger partial charge in [0.25, 0.3) is 5.91 Å². The van der Waals surface area contributed by atoms with E-state index in [1.165, 1.54) is 6.07 Å². The third kappa shape index (κ3) is 4.14. The number of hydrogen-bond acceptors (Lipinski definition) is 5. The molecule has 1 aromatic heterocycles. The van der Waals surface area contributed by atoms with E-state index in [4.69, 9.17) is 27.9 Å². The Balaban J connectivity index is 1.69. The Morgan fingerprint density at radius 3 is 2.81 bits per heavy atom. The average molecular weight is 394 g/mol. The van der Waals surface area contributed by atoms with Crippen molar-refractivity contribution in [3.63, 3.8) is 0 Å². The molecule has 0 radical (unpaired) electrons. The van der Waals surface area contributed by atoms with Gasteiger partial charge in [-0.1, -0.05) is 30.1 Å². The number of amides is 1. The van der Waals surface area contributed by atoms with E-state index in [0.29, 0.717) is 45.6 Å². The number of hydrogen-bond donors (Lipinski definition) is 1. The van der Waals surface area contributed by atoms with Crippen LogP contribution in [0.2, 0.25) is 10.0 Å². The highest BCUT2D eigenvalue weighted by Gasteiger charge is 2.26. The highest BCUT2D eigenvalue weighted by atomic mass is 35.5. The lowest BCUT2D eigenvalue weighted by Crippen LogP contribution is -2.25. The zero-order chi connectivity index (χ0) is 18.8. The summed E-state index contributed by atoms with van der Waals surface area (Å²) < 4.78 is 5.39. The molecule has 0 fully saturated rings. The molecule has 1 N–H and O–H groups in total. The standard InChI is InChI=1S/C18H17Cl2N3O3/c1-9-5-13-17(14(24)6-9)10(2)21-18(22-13)23-16(25)8-26-15-4-3-11(19)7-12(15)20/h3-4,7,9H,5-6,8H2,1-2H3,(H,21,22,23,25). The summed E-state index contributed by atoms with van der Waals surface area (Å²) >= 11 is 11.8. The summed E-state index contributed by atoms with van der Waals surface area (Å²) in [5, 5.41) is 3.40. The molecule has 1 unspecified atom stereocenters. The molecule has 1 atom stereocenters. The Morgan fingerprint density at radius 2 is 2.08 bits per heavy atom. The van der Waals surface area contributed by atoms with Crippen LogP contribution >= 0.6 is 23.2 Å². The van der Waals surface area contributed by atoms with Crippen molar-refractivity contribution in [1.29, 1.82) is 0 Å². The summed E-state index contributed by atoms with van der Waals surface area (Å²) in [5.41, 5.74) is 1.83. The van der Waals surface area contributed by atoms with Crippen molar-refractivity contribution in [2.45, 2.75) is 26.7 Å². The molecular weight excluding hydrogens is 377 g/mol. The number of nitrogens with zero attached hydrogens (tertiary/aromatic N) is 2. The van der Waals surface area contributed by atoms with Gasteiger partial charge in [0.1, 0.15) is 5.75 Å². The maximum atomic E-state index is 12.2. The number of fused-ring (bicyclic) bond motifs is 1. The van der Waals surface area contributed by atoms with Gasteiger partial charge in [0.05, 0.1) is 22.0 Å². The van der Waals surface area contributed by atoms with E-state index in [1.807, 2.05) is 6.92 Å². The quantitative estimate of drug-likeness (QED) is 0.852. The van der Waals surface area contributed by atoms with Gasteiger partial charge in [-0.15, -0.1) is 0 Å². The van der Waals surface area contributed by atoms with Gasteiger partial charge in [-0.3, -0.25) is 14.9 Å². The van der Waals surface area contributed by atoms with Crippen LogP contribution in [0.4, 0.5) is 5.95 Å². The van der Waals surface area contributed by atoms with Crippen LogP contribution in [0.3, 0.4) is 0 Å². The van der Waals surface area contributed by atoms with Crippen molar-refractivity contribution in [2.75, 3.05) is 11.9 Å². The van der Waals surface area contributed by atoms with Crippen LogP contribution in [0.15, 0.2) is 18.2 Å². The van der Waals surface area contributed by atoms with Gasteiger partial charge in [0, 0.05) is 11.4 Å². The summed E-state index contributed by atoms with van der Waals surface area (Å²) in [6, 6.07) is 4.74. The highest BCUT2D eigenvalue weighted by Crippen LogP contribution is 2.28. The molecule has 2 aromatic rings. The summed E-state index contributed by atoms with van der Waals surface area (Å²) in [5.74, 6) is 0.371. The number of carbonyl (C=O) groups excluding carboxylic acids is 2. The minimum absolute atomic E-state index is 0.0508. The van der Waals surface area contributed by atoms with Crippen molar-refractivity contribution < 1.29 is 14.3 Å². The van der Waals surface area contributed by atoms with Crippen LogP contribution < -0.4 is 10.1 Å². The first-order valence-corrected chi connectivity index (χ1v) is 8.87. The molecule has 6 nitrogen and oxygen atoms in total. The number of ketones is 1. The van der Waals surface area contributed by atoms with Crippen LogP contribution in [-0.4, -0.2) is 28.3 Å². The van der Waals surface area contributed by atoms with Crippen molar-refractivity contribution in [1.82, 2.24) is 9.97 Å². The first-order chi connectivity index (χ1) is 12.3. The van der Waals surface area contributed by atoms with E-state index in [1.54, 1.807) is 19.1 Å². The second kappa shape index (κ2) is 7.60. The number of ether oxygens (including phenoxy) is 1. The van der Waals surface area contributed by atoms with Crippen molar-refractivity contribution in [3.8, 4) is 5.75 Å². The number of rotatable bonds is 4. The molecule has 1 aromatic carbocycles. The third-order valence-corrected chi connectivity index (χ3v) is 4.55. The number of carbonyl (C=O) groups is 2. The fourth-order valence-electron chi connectivity index (χ4n) is 2.92. The van der Waals surface area contributed by atoms with Gasteiger partial charge in [-0.2, -0.15) is 0 Å². The molecule has 1 aliphatic carbocycles. The Morgan fingerprint density at radius 1 is 1.31 bits per heavy atom. The Bertz CT molecular complexity index is 886. The van der Waals surface area contributed by atoms with Gasteiger partial charge < -0.3 is 4.74 Å². The number of Topliss-reactive ketones (excluding diaryl/α,β-unsaturated/α-hetero) is 1. The molecule has 26 heavy (non-hydrogen) atoms. The topological polar surface area (TPSA) is 81.2 Å². The highest BCUT2D eigenvalue weighted by molar-refractivity contribution is 6.35. The number of nitrogens with one attached hydrogen (secondary N) is 1. The van der Waals surface area contributed by atoms with Gasteiger partial charge >= 0.3 is 0 Å². The minimum atomic E-state index is -0.425. The molecule has 0 bridgehead atoms.